The van der Waals surface area contributed by atoms with Crippen LogP contribution in [0, 0.1) is 0 Å². The van der Waals surface area contributed by atoms with E-state index in [-0.39, 0.29) is 23.3 Å². The lowest BCUT2D eigenvalue weighted by Crippen LogP contribution is -2.29. The van der Waals surface area contributed by atoms with Crippen molar-refractivity contribution >= 4 is 51.8 Å². The number of amides is 1. The summed E-state index contributed by atoms with van der Waals surface area (Å²) in [5.74, 6) is -0.0912. The molecule has 0 saturated heterocycles. The minimum Gasteiger partial charge on any atom is -0.383 e. The van der Waals surface area contributed by atoms with Gasteiger partial charge in [0.2, 0.25) is 5.91 Å². The Labute approximate surface area is 188 Å². The second-order valence-corrected chi connectivity index (χ2v) is 8.39. The van der Waals surface area contributed by atoms with Crippen LogP contribution in [0.3, 0.4) is 0 Å². The average molecular weight is 466 g/mol. The number of fused-ring (bicyclic) bond motifs is 1. The first-order valence-corrected chi connectivity index (χ1v) is 11.0. The highest BCUT2D eigenvalue weighted by Gasteiger charge is 2.16. The smallest absolute Gasteiger partial charge is 0.262 e. The largest absolute Gasteiger partial charge is 0.383 e. The number of hydrogen-bond donors (Lipinski definition) is 1. The number of halogens is 2. The highest BCUT2D eigenvalue weighted by Crippen LogP contribution is 2.23. The fourth-order valence-corrected chi connectivity index (χ4v) is 4.28. The van der Waals surface area contributed by atoms with Crippen LogP contribution in [0.1, 0.15) is 18.5 Å². The zero-order chi connectivity index (χ0) is 21.7. The van der Waals surface area contributed by atoms with Gasteiger partial charge in [-0.3, -0.25) is 14.2 Å². The summed E-state index contributed by atoms with van der Waals surface area (Å²) < 4.78 is 6.64. The fraction of sp³-hybridized carbons (Fsp3) is 0.286. The molecule has 3 rings (SSSR count). The van der Waals surface area contributed by atoms with Crippen LogP contribution in [-0.2, 0) is 16.1 Å². The van der Waals surface area contributed by atoms with Gasteiger partial charge in [0.05, 0.1) is 35.8 Å². The van der Waals surface area contributed by atoms with Crippen molar-refractivity contribution in [3.63, 3.8) is 0 Å². The molecule has 0 radical (unpaired) electrons. The van der Waals surface area contributed by atoms with Crippen LogP contribution in [0.5, 0.6) is 0 Å². The summed E-state index contributed by atoms with van der Waals surface area (Å²) in [6, 6.07) is 12.1. The second kappa shape index (κ2) is 10.3. The maximum atomic E-state index is 12.9. The highest BCUT2D eigenvalue weighted by molar-refractivity contribution is 7.99. The van der Waals surface area contributed by atoms with Crippen LogP contribution < -0.4 is 10.9 Å². The quantitative estimate of drug-likeness (QED) is 0.396. The third-order valence-electron chi connectivity index (χ3n) is 4.48. The second-order valence-electron chi connectivity index (χ2n) is 6.60. The van der Waals surface area contributed by atoms with Crippen LogP contribution >= 0.6 is 35.0 Å². The molecule has 30 heavy (non-hydrogen) atoms. The van der Waals surface area contributed by atoms with Crippen LogP contribution in [0.4, 0.5) is 0 Å². The average Bonchev–Trinajstić information content (AvgIpc) is 2.71. The van der Waals surface area contributed by atoms with Gasteiger partial charge >= 0.3 is 0 Å². The molecule has 3 aromatic rings. The Hall–Kier alpha value is -2.06. The van der Waals surface area contributed by atoms with Gasteiger partial charge in [-0.15, -0.1) is 0 Å². The molecule has 1 amide bonds. The topological polar surface area (TPSA) is 73.2 Å². The predicted octanol–water partition coefficient (Wildman–Crippen LogP) is 4.32. The van der Waals surface area contributed by atoms with Crippen molar-refractivity contribution in [1.29, 1.82) is 0 Å². The third-order valence-corrected chi connectivity index (χ3v) is 6.04. The zero-order valence-corrected chi connectivity index (χ0v) is 18.9. The Morgan fingerprint density at radius 1 is 1.27 bits per heavy atom. The van der Waals surface area contributed by atoms with E-state index in [0.29, 0.717) is 39.3 Å². The molecule has 2 aromatic carbocycles. The van der Waals surface area contributed by atoms with Gasteiger partial charge in [0.1, 0.15) is 0 Å². The monoisotopic (exact) mass is 465 g/mol. The minimum atomic E-state index is -0.245. The van der Waals surface area contributed by atoms with Crippen LogP contribution in [-0.4, -0.2) is 34.9 Å². The normalized spacial score (nSPS) is 12.1. The van der Waals surface area contributed by atoms with E-state index in [0.717, 1.165) is 5.56 Å². The molecule has 0 aliphatic carbocycles. The molecule has 1 aromatic heterocycles. The van der Waals surface area contributed by atoms with Crippen LogP contribution in [0.15, 0.2) is 52.4 Å². The Kier molecular flexibility index (Phi) is 7.77. The maximum absolute atomic E-state index is 12.9. The maximum Gasteiger partial charge on any atom is 0.262 e. The van der Waals surface area contributed by atoms with E-state index in [1.807, 2.05) is 25.1 Å². The summed E-state index contributed by atoms with van der Waals surface area (Å²) in [5.41, 5.74) is 1.14. The summed E-state index contributed by atoms with van der Waals surface area (Å²) in [5, 5.41) is 4.92. The standard InChI is InChI=1S/C21H21Cl2N3O3S/c1-13(15-5-3-4-6-17(15)23)24-19(27)12-30-21-25-18-11-14(22)7-8-16(18)20(28)26(21)9-10-29-2/h3-8,11,13H,9-10,12H2,1-2H3,(H,24,27). The molecule has 1 heterocycles. The summed E-state index contributed by atoms with van der Waals surface area (Å²) in [6.45, 7) is 2.55. The number of benzene rings is 2. The molecule has 0 bridgehead atoms. The lowest BCUT2D eigenvalue weighted by Gasteiger charge is -2.16. The summed E-state index contributed by atoms with van der Waals surface area (Å²) >= 11 is 13.4. The number of nitrogens with one attached hydrogen (secondary N) is 1. The predicted molar refractivity (Wildman–Crippen MR) is 122 cm³/mol. The molecule has 9 heteroatoms. The molecule has 158 valence electrons. The number of nitrogens with zero attached hydrogens (tertiary/aromatic N) is 2. The molecule has 1 N–H and O–H groups in total. The van der Waals surface area contributed by atoms with Gasteiger partial charge in [-0.2, -0.15) is 0 Å². The summed E-state index contributed by atoms with van der Waals surface area (Å²) in [4.78, 5) is 30.0. The molecular weight excluding hydrogens is 445 g/mol. The van der Waals surface area contributed by atoms with Crippen LogP contribution in [0.2, 0.25) is 10.0 Å². The number of ether oxygens (including phenoxy) is 1. The van der Waals surface area contributed by atoms with Crippen molar-refractivity contribution in [2.45, 2.75) is 24.7 Å². The minimum absolute atomic E-state index is 0.0975. The third kappa shape index (κ3) is 5.35. The van der Waals surface area contributed by atoms with Gasteiger partial charge in [-0.25, -0.2) is 4.98 Å². The molecule has 0 fully saturated rings. The highest BCUT2D eigenvalue weighted by atomic mass is 35.5. The van der Waals surface area contributed by atoms with Gasteiger partial charge < -0.3 is 10.1 Å². The van der Waals surface area contributed by atoms with E-state index < -0.39 is 0 Å². The van der Waals surface area contributed by atoms with E-state index in [9.17, 15) is 9.59 Å². The molecule has 0 spiro atoms. The van der Waals surface area contributed by atoms with Crippen molar-refractivity contribution in [2.24, 2.45) is 0 Å². The lowest BCUT2D eigenvalue weighted by molar-refractivity contribution is -0.119. The lowest BCUT2D eigenvalue weighted by atomic mass is 10.1. The molecule has 0 aliphatic heterocycles. The molecule has 0 saturated carbocycles. The fourth-order valence-electron chi connectivity index (χ4n) is 2.98. The number of methoxy groups -OCH3 is 1. The summed E-state index contributed by atoms with van der Waals surface area (Å²) in [7, 11) is 1.57. The zero-order valence-electron chi connectivity index (χ0n) is 16.5. The Bertz CT molecular complexity index is 1120. The van der Waals surface area contributed by atoms with Gasteiger partial charge in [0.15, 0.2) is 5.16 Å². The van der Waals surface area contributed by atoms with E-state index in [1.165, 1.54) is 16.3 Å². The number of carbonyl (C=O) groups excluding carboxylic acids is 1. The number of hydrogen-bond acceptors (Lipinski definition) is 5. The Morgan fingerprint density at radius 2 is 2.03 bits per heavy atom. The first-order chi connectivity index (χ1) is 14.4. The van der Waals surface area contributed by atoms with E-state index >= 15 is 0 Å². The van der Waals surface area contributed by atoms with Crippen molar-refractivity contribution in [2.75, 3.05) is 19.5 Å². The Morgan fingerprint density at radius 3 is 2.77 bits per heavy atom. The van der Waals surface area contributed by atoms with E-state index in [2.05, 4.69) is 10.3 Å². The molecule has 0 aliphatic rings. The van der Waals surface area contributed by atoms with E-state index in [4.69, 9.17) is 27.9 Å². The first kappa shape index (κ1) is 22.6. The van der Waals surface area contributed by atoms with Crippen molar-refractivity contribution in [3.05, 3.63) is 68.4 Å². The van der Waals surface area contributed by atoms with Gasteiger partial charge in [0.25, 0.3) is 5.56 Å². The number of carbonyl (C=O) groups is 1. The van der Waals surface area contributed by atoms with Gasteiger partial charge in [0, 0.05) is 17.2 Å². The molecule has 1 unspecified atom stereocenters. The number of thioether (sulfide) groups is 1. The van der Waals surface area contributed by atoms with E-state index in [1.54, 1.807) is 31.4 Å². The van der Waals surface area contributed by atoms with Crippen LogP contribution in [0.25, 0.3) is 10.9 Å². The van der Waals surface area contributed by atoms with Crippen molar-refractivity contribution in [1.82, 2.24) is 14.9 Å². The Balaban J connectivity index is 1.79. The number of rotatable bonds is 8. The molecular formula is C21H21Cl2N3O3S. The summed E-state index contributed by atoms with van der Waals surface area (Å²) in [6.07, 6.45) is 0. The molecule has 1 atom stereocenters. The SMILES string of the molecule is COCCn1c(SCC(=O)NC(C)c2ccccc2Cl)nc2cc(Cl)ccc2c1=O. The molecule has 6 nitrogen and oxygen atoms in total. The number of aromatic nitrogens is 2. The van der Waals surface area contributed by atoms with Gasteiger partial charge in [-0.05, 0) is 36.8 Å². The van der Waals surface area contributed by atoms with Gasteiger partial charge in [-0.1, -0.05) is 53.2 Å². The van der Waals surface area contributed by atoms with Crippen molar-refractivity contribution < 1.29 is 9.53 Å². The van der Waals surface area contributed by atoms with Crippen molar-refractivity contribution in [3.8, 4) is 0 Å². The first-order valence-electron chi connectivity index (χ1n) is 9.26.